The highest BCUT2D eigenvalue weighted by Gasteiger charge is 1.98. The molecule has 0 fully saturated rings. The molecule has 2 radical (unpaired) electrons. The zero-order valence-electron chi connectivity index (χ0n) is 5.96. The zero-order chi connectivity index (χ0) is 7.84. The first-order valence-electron chi connectivity index (χ1n) is 3.40. The van der Waals surface area contributed by atoms with E-state index in [0.717, 1.165) is 10.9 Å². The van der Waals surface area contributed by atoms with Crippen LogP contribution >= 0.6 is 0 Å². The van der Waals surface area contributed by atoms with E-state index in [-0.39, 0.29) is 0 Å². The molecule has 3 heteroatoms. The van der Waals surface area contributed by atoms with Crippen LogP contribution in [-0.4, -0.2) is 12.8 Å². The topological polar surface area (TPSA) is 41.8 Å². The van der Waals surface area contributed by atoms with Gasteiger partial charge in [-0.1, -0.05) is 5.46 Å². The summed E-state index contributed by atoms with van der Waals surface area (Å²) in [5, 5.41) is 0.991. The molecule has 3 N–H and O–H groups in total. The number of nitrogens with one attached hydrogen (secondary N) is 1. The van der Waals surface area contributed by atoms with E-state index < -0.39 is 0 Å². The van der Waals surface area contributed by atoms with Crippen LogP contribution in [0, 0.1) is 0 Å². The van der Waals surface area contributed by atoms with E-state index in [1.165, 1.54) is 0 Å². The molecule has 0 saturated heterocycles. The summed E-state index contributed by atoms with van der Waals surface area (Å²) in [5.74, 6) is 0. The normalized spacial score (nSPS) is 10.5. The lowest BCUT2D eigenvalue weighted by Gasteiger charge is -2.00. The Balaban J connectivity index is 2.93. The Kier molecular flexibility index (Phi) is 1.18. The fraction of sp³-hybridized carbons (Fsp3) is 0. The van der Waals surface area contributed by atoms with Crippen LogP contribution in [0.25, 0.3) is 10.9 Å². The fourth-order valence-electron chi connectivity index (χ4n) is 1.17. The molecule has 1 heterocycles. The van der Waals surface area contributed by atoms with Gasteiger partial charge in [0, 0.05) is 17.4 Å². The van der Waals surface area contributed by atoms with Gasteiger partial charge in [0.05, 0.1) is 0 Å². The standard InChI is InChI=1S/C8H7BN2/c9-8-5-3-4-11-7(5)2-1-6(8)10/h1-4,11H,10H2. The first-order valence-corrected chi connectivity index (χ1v) is 3.40. The Morgan fingerprint density at radius 3 is 2.91 bits per heavy atom. The molecule has 0 aliphatic heterocycles. The van der Waals surface area contributed by atoms with Gasteiger partial charge in [0.1, 0.15) is 7.85 Å². The third-order valence-corrected chi connectivity index (χ3v) is 1.81. The van der Waals surface area contributed by atoms with Gasteiger partial charge >= 0.3 is 0 Å². The van der Waals surface area contributed by atoms with Gasteiger partial charge in [-0.15, -0.1) is 0 Å². The van der Waals surface area contributed by atoms with Crippen LogP contribution in [0.3, 0.4) is 0 Å². The van der Waals surface area contributed by atoms with Gasteiger partial charge in [0.2, 0.25) is 0 Å². The summed E-state index contributed by atoms with van der Waals surface area (Å²) >= 11 is 0. The van der Waals surface area contributed by atoms with Gasteiger partial charge in [0.15, 0.2) is 0 Å². The van der Waals surface area contributed by atoms with Crippen LogP contribution < -0.4 is 11.2 Å². The summed E-state index contributed by atoms with van der Waals surface area (Å²) in [4.78, 5) is 3.05. The van der Waals surface area contributed by atoms with Crippen LogP contribution in [0.15, 0.2) is 24.4 Å². The Morgan fingerprint density at radius 1 is 1.27 bits per heavy atom. The molecule has 0 saturated carbocycles. The lowest BCUT2D eigenvalue weighted by atomic mass is 9.91. The van der Waals surface area contributed by atoms with E-state index in [1.807, 2.05) is 18.3 Å². The van der Waals surface area contributed by atoms with Crippen molar-refractivity contribution in [1.82, 2.24) is 4.98 Å². The Morgan fingerprint density at radius 2 is 2.09 bits per heavy atom. The summed E-state index contributed by atoms with van der Waals surface area (Å²) in [6, 6.07) is 5.64. The summed E-state index contributed by atoms with van der Waals surface area (Å²) < 4.78 is 0. The van der Waals surface area contributed by atoms with Gasteiger partial charge < -0.3 is 10.7 Å². The number of benzene rings is 1. The van der Waals surface area contributed by atoms with Crippen LogP contribution in [-0.2, 0) is 0 Å². The highest BCUT2D eigenvalue weighted by molar-refractivity contribution is 6.41. The van der Waals surface area contributed by atoms with Crippen molar-refractivity contribution in [3.63, 3.8) is 0 Å². The van der Waals surface area contributed by atoms with Gasteiger partial charge in [-0.05, 0) is 23.6 Å². The van der Waals surface area contributed by atoms with Crippen molar-refractivity contribution in [3.8, 4) is 0 Å². The van der Waals surface area contributed by atoms with E-state index >= 15 is 0 Å². The quantitative estimate of drug-likeness (QED) is 0.409. The van der Waals surface area contributed by atoms with Crippen molar-refractivity contribution in [3.05, 3.63) is 24.4 Å². The molecular weight excluding hydrogens is 135 g/mol. The van der Waals surface area contributed by atoms with Crippen molar-refractivity contribution in [2.75, 3.05) is 5.73 Å². The van der Waals surface area contributed by atoms with Crippen LogP contribution in [0.1, 0.15) is 0 Å². The number of nitrogen functional groups attached to an aromatic ring is 1. The molecule has 0 aliphatic rings. The summed E-state index contributed by atoms with van der Waals surface area (Å²) in [5.41, 5.74) is 7.92. The molecule has 2 nitrogen and oxygen atoms in total. The molecule has 0 atom stereocenters. The fourth-order valence-corrected chi connectivity index (χ4v) is 1.17. The molecule has 2 aromatic rings. The molecule has 1 aromatic heterocycles. The Bertz CT molecular complexity index is 392. The number of aromatic amines is 1. The average molecular weight is 142 g/mol. The average Bonchev–Trinajstić information content (AvgIpc) is 2.45. The maximum atomic E-state index is 5.72. The summed E-state index contributed by atoms with van der Waals surface area (Å²) in [7, 11) is 5.72. The number of hydrogen-bond acceptors (Lipinski definition) is 1. The minimum absolute atomic E-state index is 0.636. The summed E-state index contributed by atoms with van der Waals surface area (Å²) in [6.07, 6.45) is 1.85. The van der Waals surface area contributed by atoms with Crippen molar-refractivity contribution < 1.29 is 0 Å². The highest BCUT2D eigenvalue weighted by atomic mass is 14.7. The number of fused-ring (bicyclic) bond motifs is 1. The molecule has 52 valence electrons. The van der Waals surface area contributed by atoms with Crippen molar-refractivity contribution in [2.24, 2.45) is 0 Å². The lowest BCUT2D eigenvalue weighted by Crippen LogP contribution is -2.09. The number of aromatic nitrogens is 1. The molecular formula is C8H7BN2. The molecule has 0 aliphatic carbocycles. The Hall–Kier alpha value is -1.38. The van der Waals surface area contributed by atoms with Gasteiger partial charge in [-0.2, -0.15) is 0 Å². The molecule has 0 amide bonds. The number of H-pyrrole nitrogens is 1. The number of rotatable bonds is 0. The zero-order valence-corrected chi connectivity index (χ0v) is 5.96. The second-order valence-electron chi connectivity index (χ2n) is 2.51. The molecule has 0 bridgehead atoms. The van der Waals surface area contributed by atoms with Crippen LogP contribution in [0.4, 0.5) is 5.69 Å². The minimum atomic E-state index is 0.636. The van der Waals surface area contributed by atoms with E-state index in [2.05, 4.69) is 4.98 Å². The summed E-state index contributed by atoms with van der Waals surface area (Å²) in [6.45, 7) is 0. The number of nitrogens with two attached hydrogens (primary N) is 1. The maximum absolute atomic E-state index is 5.72. The smallest absolute Gasteiger partial charge is 0.117 e. The lowest BCUT2D eigenvalue weighted by molar-refractivity contribution is 1.48. The molecule has 1 aromatic carbocycles. The second kappa shape index (κ2) is 2.05. The molecule has 0 unspecified atom stereocenters. The molecule has 0 spiro atoms. The minimum Gasteiger partial charge on any atom is -0.399 e. The molecule has 2 rings (SSSR count). The van der Waals surface area contributed by atoms with Gasteiger partial charge in [-0.3, -0.25) is 0 Å². The third kappa shape index (κ3) is 0.809. The van der Waals surface area contributed by atoms with Crippen molar-refractivity contribution >= 4 is 29.9 Å². The Labute approximate surface area is 65.8 Å². The van der Waals surface area contributed by atoms with E-state index in [9.17, 15) is 0 Å². The highest BCUT2D eigenvalue weighted by Crippen LogP contribution is 2.11. The number of hydrogen-bond donors (Lipinski definition) is 2. The number of anilines is 1. The van der Waals surface area contributed by atoms with E-state index in [4.69, 9.17) is 13.6 Å². The second-order valence-corrected chi connectivity index (χ2v) is 2.51. The first-order chi connectivity index (χ1) is 5.29. The van der Waals surface area contributed by atoms with E-state index in [1.54, 1.807) is 6.07 Å². The monoisotopic (exact) mass is 142 g/mol. The van der Waals surface area contributed by atoms with Crippen molar-refractivity contribution in [2.45, 2.75) is 0 Å². The van der Waals surface area contributed by atoms with Crippen LogP contribution in [0.5, 0.6) is 0 Å². The maximum Gasteiger partial charge on any atom is 0.117 e. The molecule has 11 heavy (non-hydrogen) atoms. The third-order valence-electron chi connectivity index (χ3n) is 1.81. The SMILES string of the molecule is [B]c1c(N)ccc2[nH]ccc12. The van der Waals surface area contributed by atoms with Crippen LogP contribution in [0.2, 0.25) is 0 Å². The van der Waals surface area contributed by atoms with E-state index in [0.29, 0.717) is 11.2 Å². The van der Waals surface area contributed by atoms with Crippen molar-refractivity contribution in [1.29, 1.82) is 0 Å². The predicted molar refractivity (Wildman–Crippen MR) is 48.1 cm³/mol. The van der Waals surface area contributed by atoms with Gasteiger partial charge in [-0.25, -0.2) is 0 Å². The largest absolute Gasteiger partial charge is 0.399 e. The van der Waals surface area contributed by atoms with Gasteiger partial charge in [0.25, 0.3) is 0 Å². The first kappa shape index (κ1) is 6.34. The predicted octanol–water partition coefficient (Wildman–Crippen LogP) is 0.544.